The topological polar surface area (TPSA) is 33.4 Å². The van der Waals surface area contributed by atoms with Crippen molar-refractivity contribution in [2.75, 3.05) is 0 Å². The van der Waals surface area contributed by atoms with Gasteiger partial charge in [0.25, 0.3) is 0 Å². The van der Waals surface area contributed by atoms with E-state index in [0.29, 0.717) is 0 Å². The van der Waals surface area contributed by atoms with Crippen molar-refractivity contribution in [2.24, 2.45) is 0 Å². The smallest absolute Gasteiger partial charge is 0.103 e. The number of unbranched alkanes of at least 4 members (excludes halogenated alkanes) is 1. The Hall–Kier alpha value is -0.760. The molecule has 0 aromatic carbocycles. The summed E-state index contributed by atoms with van der Waals surface area (Å²) >= 11 is 0. The highest BCUT2D eigenvalue weighted by molar-refractivity contribution is 4.97. The molecule has 0 fully saturated rings. The number of hydrogen-bond acceptors (Lipinski definition) is 2. The van der Waals surface area contributed by atoms with Crippen LogP contribution in [0, 0.1) is 0 Å². The van der Waals surface area contributed by atoms with E-state index >= 15 is 0 Å². The maximum absolute atomic E-state index is 9.45. The molecule has 1 heterocycles. The number of furan rings is 1. The fourth-order valence-corrected chi connectivity index (χ4v) is 1.31. The maximum atomic E-state index is 9.45. The lowest BCUT2D eigenvalue weighted by atomic mass is 10.0. The Morgan fingerprint density at radius 3 is 2.69 bits per heavy atom. The molecule has 0 aliphatic heterocycles. The summed E-state index contributed by atoms with van der Waals surface area (Å²) in [5.74, 6) is 1.04. The van der Waals surface area contributed by atoms with Crippen LogP contribution >= 0.6 is 0 Å². The van der Waals surface area contributed by atoms with Gasteiger partial charge in [0.1, 0.15) is 5.76 Å². The highest BCUT2D eigenvalue weighted by atomic mass is 16.3. The summed E-state index contributed by atoms with van der Waals surface area (Å²) in [7, 11) is 0. The van der Waals surface area contributed by atoms with Crippen molar-refractivity contribution >= 4 is 0 Å². The lowest BCUT2D eigenvalue weighted by Gasteiger charge is -2.15. The molecule has 1 aromatic rings. The minimum Gasteiger partial charge on any atom is -0.469 e. The molecule has 0 spiro atoms. The molecular weight excluding hydrogens is 164 g/mol. The fourth-order valence-electron chi connectivity index (χ4n) is 1.31. The summed E-state index contributed by atoms with van der Waals surface area (Å²) in [5, 5.41) is 9.45. The van der Waals surface area contributed by atoms with E-state index in [-0.39, 0.29) is 0 Å². The van der Waals surface area contributed by atoms with Gasteiger partial charge in [0, 0.05) is 6.42 Å². The minimum absolute atomic E-state index is 0.525. The molecule has 2 nitrogen and oxygen atoms in total. The average molecular weight is 182 g/mol. The van der Waals surface area contributed by atoms with Crippen molar-refractivity contribution in [3.8, 4) is 0 Å². The molecule has 0 saturated carbocycles. The Morgan fingerprint density at radius 2 is 2.15 bits per heavy atom. The Bertz CT molecular complexity index is 219. The van der Waals surface area contributed by atoms with Crippen molar-refractivity contribution in [3.63, 3.8) is 0 Å². The van der Waals surface area contributed by atoms with Crippen molar-refractivity contribution < 1.29 is 9.52 Å². The van der Waals surface area contributed by atoms with E-state index in [9.17, 15) is 5.11 Å². The zero-order chi connectivity index (χ0) is 9.73. The first-order chi connectivity index (χ1) is 6.08. The monoisotopic (exact) mass is 182 g/mol. The van der Waals surface area contributed by atoms with Crippen LogP contribution in [0.1, 0.15) is 38.9 Å². The fraction of sp³-hybridized carbons (Fsp3) is 0.636. The normalized spacial score (nSPS) is 11.9. The Kier molecular flexibility index (Phi) is 3.55. The zero-order valence-corrected chi connectivity index (χ0v) is 8.42. The second-order valence-corrected chi connectivity index (χ2v) is 4.10. The van der Waals surface area contributed by atoms with Gasteiger partial charge in [0.2, 0.25) is 0 Å². The molecule has 0 atom stereocenters. The lowest BCUT2D eigenvalue weighted by molar-refractivity contribution is 0.0681. The maximum Gasteiger partial charge on any atom is 0.103 e. The van der Waals surface area contributed by atoms with Gasteiger partial charge in [-0.1, -0.05) is 6.42 Å². The van der Waals surface area contributed by atoms with Crippen molar-refractivity contribution in [2.45, 2.75) is 45.1 Å². The molecule has 0 unspecified atom stereocenters. The van der Waals surface area contributed by atoms with E-state index in [2.05, 4.69) is 0 Å². The van der Waals surface area contributed by atoms with Crippen LogP contribution in [0.5, 0.6) is 0 Å². The summed E-state index contributed by atoms with van der Waals surface area (Å²) in [6, 6.07) is 3.90. The van der Waals surface area contributed by atoms with E-state index in [4.69, 9.17) is 4.42 Å². The summed E-state index contributed by atoms with van der Waals surface area (Å²) < 4.78 is 5.20. The van der Waals surface area contributed by atoms with Crippen LogP contribution in [0.3, 0.4) is 0 Å². The van der Waals surface area contributed by atoms with Crippen LogP contribution in [0.15, 0.2) is 22.8 Å². The van der Waals surface area contributed by atoms with Crippen LogP contribution in [0.4, 0.5) is 0 Å². The third-order valence-electron chi connectivity index (χ3n) is 2.04. The van der Waals surface area contributed by atoms with Gasteiger partial charge in [0.05, 0.1) is 11.9 Å². The highest BCUT2D eigenvalue weighted by Crippen LogP contribution is 2.14. The first kappa shape index (κ1) is 10.3. The first-order valence-corrected chi connectivity index (χ1v) is 4.83. The van der Waals surface area contributed by atoms with Crippen LogP contribution in [0.2, 0.25) is 0 Å². The average Bonchev–Trinajstić information content (AvgIpc) is 2.48. The largest absolute Gasteiger partial charge is 0.469 e. The number of aryl methyl sites for hydroxylation is 1. The summed E-state index contributed by atoms with van der Waals surface area (Å²) in [6.07, 6.45) is 5.66. The summed E-state index contributed by atoms with van der Waals surface area (Å²) in [5.41, 5.74) is -0.525. The van der Waals surface area contributed by atoms with Crippen LogP contribution in [-0.4, -0.2) is 10.7 Å². The molecule has 1 N–H and O–H groups in total. The quantitative estimate of drug-likeness (QED) is 0.710. The van der Waals surface area contributed by atoms with E-state index in [1.54, 1.807) is 6.26 Å². The highest BCUT2D eigenvalue weighted by Gasteiger charge is 2.11. The van der Waals surface area contributed by atoms with Gasteiger partial charge in [-0.15, -0.1) is 0 Å². The van der Waals surface area contributed by atoms with Gasteiger partial charge in [0.15, 0.2) is 0 Å². The molecule has 0 radical (unpaired) electrons. The molecule has 0 bridgehead atoms. The lowest BCUT2D eigenvalue weighted by Crippen LogP contribution is -2.17. The summed E-state index contributed by atoms with van der Waals surface area (Å²) in [6.45, 7) is 3.69. The Labute approximate surface area is 79.6 Å². The molecule has 1 aromatic heterocycles. The zero-order valence-electron chi connectivity index (χ0n) is 8.42. The predicted octanol–water partition coefficient (Wildman–Crippen LogP) is 2.76. The standard InChI is InChI=1S/C11H18O2/c1-11(2,12)8-4-3-6-10-7-5-9-13-10/h5,7,9,12H,3-4,6,8H2,1-2H3. The van der Waals surface area contributed by atoms with Crippen molar-refractivity contribution in [3.05, 3.63) is 24.2 Å². The van der Waals surface area contributed by atoms with Gasteiger partial charge in [-0.05, 0) is 38.8 Å². The van der Waals surface area contributed by atoms with Crippen LogP contribution < -0.4 is 0 Å². The van der Waals surface area contributed by atoms with E-state index in [1.807, 2.05) is 26.0 Å². The summed E-state index contributed by atoms with van der Waals surface area (Å²) in [4.78, 5) is 0. The van der Waals surface area contributed by atoms with Gasteiger partial charge < -0.3 is 9.52 Å². The van der Waals surface area contributed by atoms with Crippen molar-refractivity contribution in [1.29, 1.82) is 0 Å². The molecule has 74 valence electrons. The van der Waals surface area contributed by atoms with E-state index in [0.717, 1.165) is 31.4 Å². The Balaban J connectivity index is 2.09. The molecule has 0 amide bonds. The molecule has 0 aliphatic rings. The molecule has 0 aliphatic carbocycles. The minimum atomic E-state index is -0.525. The third-order valence-corrected chi connectivity index (χ3v) is 2.04. The SMILES string of the molecule is CC(C)(O)CCCCc1ccco1. The van der Waals surface area contributed by atoms with E-state index in [1.165, 1.54) is 0 Å². The second kappa shape index (κ2) is 4.47. The van der Waals surface area contributed by atoms with Gasteiger partial charge >= 0.3 is 0 Å². The number of rotatable bonds is 5. The Morgan fingerprint density at radius 1 is 1.38 bits per heavy atom. The molecule has 13 heavy (non-hydrogen) atoms. The van der Waals surface area contributed by atoms with Crippen LogP contribution in [0.25, 0.3) is 0 Å². The first-order valence-electron chi connectivity index (χ1n) is 4.83. The van der Waals surface area contributed by atoms with Gasteiger partial charge in [-0.2, -0.15) is 0 Å². The molecule has 1 rings (SSSR count). The van der Waals surface area contributed by atoms with Gasteiger partial charge in [-0.25, -0.2) is 0 Å². The number of hydrogen-bond donors (Lipinski definition) is 1. The molecule has 0 saturated heterocycles. The second-order valence-electron chi connectivity index (χ2n) is 4.10. The number of aliphatic hydroxyl groups is 1. The van der Waals surface area contributed by atoms with Gasteiger partial charge in [-0.3, -0.25) is 0 Å². The predicted molar refractivity (Wildman–Crippen MR) is 52.6 cm³/mol. The molecular formula is C11H18O2. The molecule has 2 heteroatoms. The van der Waals surface area contributed by atoms with E-state index < -0.39 is 5.60 Å². The third kappa shape index (κ3) is 4.73. The van der Waals surface area contributed by atoms with Crippen LogP contribution in [-0.2, 0) is 6.42 Å². The van der Waals surface area contributed by atoms with Crippen molar-refractivity contribution in [1.82, 2.24) is 0 Å².